The van der Waals surface area contributed by atoms with Crippen molar-refractivity contribution in [2.75, 3.05) is 10.0 Å². The zero-order valence-electron chi connectivity index (χ0n) is 9.53. The van der Waals surface area contributed by atoms with Gasteiger partial charge in [-0.3, -0.25) is 0 Å². The predicted octanol–water partition coefficient (Wildman–Crippen LogP) is 0.595. The van der Waals surface area contributed by atoms with Crippen LogP contribution in [-0.2, 0) is 10.0 Å². The van der Waals surface area contributed by atoms with E-state index in [0.29, 0.717) is 11.4 Å². The minimum Gasteiger partial charge on any atom is -0.489 e. The van der Waals surface area contributed by atoms with Gasteiger partial charge in [-0.15, -0.1) is 0 Å². The smallest absolute Gasteiger partial charge is 0.305 e. The fraction of sp³-hybridized carbons (Fsp3) is 0.400. The molecule has 0 spiro atoms. The third kappa shape index (κ3) is 2.75. The summed E-state index contributed by atoms with van der Waals surface area (Å²) in [6, 6.07) is 4.61. The molecule has 2 rings (SSSR count). The van der Waals surface area contributed by atoms with Gasteiger partial charge >= 0.3 is 16.5 Å². The Morgan fingerprint density at radius 3 is 2.59 bits per heavy atom. The zero-order valence-corrected chi connectivity index (χ0v) is 11.5. The Morgan fingerprint density at radius 2 is 2.06 bits per heavy atom. The Kier molecular flexibility index (Phi) is 3.12. The maximum absolute atomic E-state index is 12.1. The van der Waals surface area contributed by atoms with Gasteiger partial charge in [0.1, 0.15) is 0 Å². The van der Waals surface area contributed by atoms with Crippen molar-refractivity contribution in [3.8, 4) is 0 Å². The monoisotopic (exact) mass is 267 g/mol. The predicted molar refractivity (Wildman–Crippen MR) is 68.2 cm³/mol. The first-order valence-corrected chi connectivity index (χ1v) is 7.32. The first kappa shape index (κ1) is 12.7. The van der Waals surface area contributed by atoms with Gasteiger partial charge in [-0.25, -0.2) is 13.1 Å². The van der Waals surface area contributed by atoms with E-state index < -0.39 is 10.0 Å². The number of anilines is 2. The van der Waals surface area contributed by atoms with Crippen LogP contribution in [0.3, 0.4) is 0 Å². The second-order valence-electron chi connectivity index (χ2n) is 4.56. The molecule has 1 saturated carbocycles. The van der Waals surface area contributed by atoms with Crippen molar-refractivity contribution in [3.05, 3.63) is 18.2 Å². The van der Waals surface area contributed by atoms with Crippen LogP contribution in [0.25, 0.3) is 0 Å². The lowest BCUT2D eigenvalue weighted by atomic mass is 10.3. The van der Waals surface area contributed by atoms with Gasteiger partial charge in [0, 0.05) is 11.2 Å². The number of hydrogen-bond acceptors (Lipinski definition) is 4. The Labute approximate surface area is 109 Å². The van der Waals surface area contributed by atoms with E-state index in [2.05, 4.69) is 25.5 Å². The maximum atomic E-state index is 12.1. The van der Waals surface area contributed by atoms with Gasteiger partial charge in [0.2, 0.25) is 10.0 Å². The second-order valence-corrected chi connectivity index (χ2v) is 6.53. The molecule has 0 amide bonds. The molecule has 0 heterocycles. The summed E-state index contributed by atoms with van der Waals surface area (Å²) in [6.07, 6.45) is 1.77. The molecule has 7 heteroatoms. The van der Waals surface area contributed by atoms with Gasteiger partial charge in [0.05, 0.1) is 10.6 Å². The highest BCUT2D eigenvalue weighted by molar-refractivity contribution is 7.89. The third-order valence-electron chi connectivity index (χ3n) is 2.87. The molecule has 1 aliphatic carbocycles. The van der Waals surface area contributed by atoms with E-state index in [9.17, 15) is 8.42 Å². The van der Waals surface area contributed by atoms with Gasteiger partial charge in [-0.2, -0.15) is 0 Å². The molecule has 1 fully saturated rings. The molecule has 0 aromatic heterocycles. The van der Waals surface area contributed by atoms with Crippen LogP contribution >= 0.6 is 0 Å². The van der Waals surface area contributed by atoms with Gasteiger partial charge in [0.15, 0.2) is 0 Å². The lowest BCUT2D eigenvalue weighted by Crippen LogP contribution is -2.34. The highest BCUT2D eigenvalue weighted by Crippen LogP contribution is 2.36. The molecular weight excluding hydrogens is 253 g/mol. The van der Waals surface area contributed by atoms with E-state index in [1.165, 1.54) is 12.1 Å². The van der Waals surface area contributed by atoms with E-state index in [1.807, 2.05) is 6.92 Å². The molecule has 17 heavy (non-hydrogen) atoms. The van der Waals surface area contributed by atoms with Crippen molar-refractivity contribution in [2.45, 2.75) is 30.2 Å². The topological polar surface area (TPSA) is 84.2 Å². The van der Waals surface area contributed by atoms with Crippen LogP contribution in [0, 0.1) is 0 Å². The first-order valence-electron chi connectivity index (χ1n) is 5.26. The molecule has 1 aromatic carbocycles. The van der Waals surface area contributed by atoms with Crippen molar-refractivity contribution in [1.29, 1.82) is 0 Å². The fourth-order valence-electron chi connectivity index (χ4n) is 1.50. The van der Waals surface area contributed by atoms with Gasteiger partial charge in [-0.1, -0.05) is 0 Å². The van der Waals surface area contributed by atoms with Crippen LogP contribution in [0.5, 0.6) is 0 Å². The van der Waals surface area contributed by atoms with Crippen molar-refractivity contribution in [3.63, 3.8) is 0 Å². The molecule has 1 aliphatic rings. The summed E-state index contributed by atoms with van der Waals surface area (Å²) in [7, 11) is -3.46. The van der Waals surface area contributed by atoms with E-state index in [4.69, 9.17) is 5.73 Å². The normalized spacial score (nSPS) is 17.7. The number of sulfonamides is 1. The zero-order chi connectivity index (χ0) is 12.7. The molecule has 4 N–H and O–H groups in total. The standard InChI is InChI=1S/C10H14N3O2S.Al/c1-10(4-5-10)13-16(14,15)7-2-3-8(11)9(12)6-7;/h2-3,6,12-13H,4-5,11H2,1H3;/q-1;+1. The summed E-state index contributed by atoms with van der Waals surface area (Å²) < 4.78 is 29.6. The van der Waals surface area contributed by atoms with Gasteiger partial charge in [0.25, 0.3) is 0 Å². The number of nitrogen functional groups attached to an aromatic ring is 1. The van der Waals surface area contributed by atoms with Crippen molar-refractivity contribution < 1.29 is 8.42 Å². The van der Waals surface area contributed by atoms with Crippen LogP contribution < -0.4 is 14.8 Å². The molecular formula is C10H14AlN3O2S. The minimum absolute atomic E-state index is 0.227. The SMILES string of the molecule is CC1(NS(=O)(=O)c2ccc(N)c([NH][Al])c2)CC1. The molecule has 0 atom stereocenters. The summed E-state index contributed by atoms with van der Waals surface area (Å²) in [4.78, 5) is 0.227. The highest BCUT2D eigenvalue weighted by atomic mass is 32.2. The summed E-state index contributed by atoms with van der Waals surface area (Å²) in [5.74, 6) is 0. The lowest BCUT2D eigenvalue weighted by Gasteiger charge is -2.14. The average Bonchev–Trinajstić information content (AvgIpc) is 2.95. The number of hydrogen-bond donors (Lipinski definition) is 3. The molecule has 90 valence electrons. The van der Waals surface area contributed by atoms with Crippen LogP contribution in [-0.4, -0.2) is 30.5 Å². The molecule has 2 radical (unpaired) electrons. The Hall–Kier alpha value is -0.738. The summed E-state index contributed by atoms with van der Waals surface area (Å²) >= 11 is 2.30. The van der Waals surface area contributed by atoms with Crippen molar-refractivity contribution in [2.24, 2.45) is 0 Å². The molecule has 0 unspecified atom stereocenters. The number of nitrogens with one attached hydrogen (secondary N) is 2. The summed E-state index contributed by atoms with van der Waals surface area (Å²) in [6.45, 7) is 1.90. The number of benzene rings is 1. The molecule has 0 aliphatic heterocycles. The van der Waals surface area contributed by atoms with E-state index in [1.54, 1.807) is 6.07 Å². The van der Waals surface area contributed by atoms with Crippen molar-refractivity contribution >= 4 is 37.9 Å². The maximum Gasteiger partial charge on any atom is 0.305 e. The Morgan fingerprint density at radius 1 is 1.41 bits per heavy atom. The Balaban J connectivity index is 2.32. The quantitative estimate of drug-likeness (QED) is 0.551. The molecule has 5 nitrogen and oxygen atoms in total. The van der Waals surface area contributed by atoms with Crippen LogP contribution in [0.1, 0.15) is 19.8 Å². The van der Waals surface area contributed by atoms with Crippen LogP contribution in [0.4, 0.5) is 11.4 Å². The number of nitrogens with two attached hydrogens (primary N) is 1. The average molecular weight is 267 g/mol. The fourth-order valence-corrected chi connectivity index (χ4v) is 3.24. The second kappa shape index (κ2) is 4.18. The van der Waals surface area contributed by atoms with Gasteiger partial charge in [-0.05, 0) is 38.0 Å². The largest absolute Gasteiger partial charge is 0.489 e. The lowest BCUT2D eigenvalue weighted by molar-refractivity contribution is 0.558. The van der Waals surface area contributed by atoms with Gasteiger partial charge < -0.3 is 10.0 Å². The van der Waals surface area contributed by atoms with Crippen molar-refractivity contribution in [1.82, 2.24) is 4.72 Å². The molecule has 0 bridgehead atoms. The van der Waals surface area contributed by atoms with E-state index >= 15 is 0 Å². The first-order chi connectivity index (χ1) is 7.86. The van der Waals surface area contributed by atoms with E-state index in [-0.39, 0.29) is 10.4 Å². The minimum atomic E-state index is -3.46. The highest BCUT2D eigenvalue weighted by Gasteiger charge is 2.41. The molecule has 1 aromatic rings. The van der Waals surface area contributed by atoms with Crippen LogP contribution in [0.15, 0.2) is 23.1 Å². The number of rotatable bonds is 4. The summed E-state index contributed by atoms with van der Waals surface area (Å²) in [5.41, 5.74) is 6.52. The third-order valence-corrected chi connectivity index (χ3v) is 4.82. The summed E-state index contributed by atoms with van der Waals surface area (Å²) in [5, 5.41) is 0. The molecule has 0 saturated heterocycles. The Bertz CT molecular complexity index is 540. The van der Waals surface area contributed by atoms with E-state index in [0.717, 1.165) is 12.8 Å². The van der Waals surface area contributed by atoms with Crippen LogP contribution in [0.2, 0.25) is 0 Å².